The maximum Gasteiger partial charge on any atom is 0.222 e. The summed E-state index contributed by atoms with van der Waals surface area (Å²) in [7, 11) is 0. The van der Waals surface area contributed by atoms with Crippen LogP contribution in [-0.2, 0) is 11.2 Å². The second-order valence-corrected chi connectivity index (χ2v) is 6.44. The van der Waals surface area contributed by atoms with Crippen LogP contribution in [0.3, 0.4) is 0 Å². The molecule has 5 heteroatoms. The highest BCUT2D eigenvalue weighted by molar-refractivity contribution is 5.76. The fourth-order valence-electron chi connectivity index (χ4n) is 3.15. The lowest BCUT2D eigenvalue weighted by molar-refractivity contribution is -0.133. The lowest BCUT2D eigenvalue weighted by Gasteiger charge is -2.32. The van der Waals surface area contributed by atoms with Crippen molar-refractivity contribution in [1.29, 1.82) is 0 Å². The molecule has 0 unspecified atom stereocenters. The average molecular weight is 339 g/mol. The van der Waals surface area contributed by atoms with Gasteiger partial charge in [0.25, 0.3) is 0 Å². The van der Waals surface area contributed by atoms with Crippen LogP contribution in [0.2, 0.25) is 0 Å². The number of carbonyl (C=O) groups is 1. The molecule has 1 saturated heterocycles. The topological polar surface area (TPSA) is 55.3 Å². The van der Waals surface area contributed by atoms with Crippen LogP contribution in [0.4, 0.5) is 0 Å². The molecule has 0 saturated carbocycles. The number of hydrogen-bond donors (Lipinski definition) is 0. The first-order valence-electron chi connectivity index (χ1n) is 9.05. The maximum absolute atomic E-state index is 12.3. The molecule has 5 nitrogen and oxygen atoms in total. The number of likely N-dealkylation sites (tertiary alicyclic amines) is 1. The lowest BCUT2D eigenvalue weighted by atomic mass is 10.0. The Labute approximate surface area is 149 Å². The van der Waals surface area contributed by atoms with Crippen LogP contribution in [0.5, 0.6) is 5.88 Å². The van der Waals surface area contributed by atoms with E-state index in [2.05, 4.69) is 34.2 Å². The van der Waals surface area contributed by atoms with Crippen LogP contribution in [0.25, 0.3) is 0 Å². The Hall–Kier alpha value is -2.43. The number of benzene rings is 1. The molecule has 1 aromatic carbocycles. The van der Waals surface area contributed by atoms with Crippen molar-refractivity contribution < 1.29 is 9.53 Å². The first-order chi connectivity index (χ1) is 12.3. The van der Waals surface area contributed by atoms with Gasteiger partial charge in [0.2, 0.25) is 11.8 Å². The second-order valence-electron chi connectivity index (χ2n) is 6.44. The van der Waals surface area contributed by atoms with E-state index in [0.717, 1.165) is 45.2 Å². The van der Waals surface area contributed by atoms with Gasteiger partial charge in [0, 0.05) is 44.6 Å². The molecule has 2 heterocycles. The molecular formula is C20H25N3O2. The standard InChI is InChI=1S/C20H25N3O2/c24-20(9-5-4-8-17-6-2-1-3-7-17)23-14-11-18(12-15-23)25-19-10-13-21-16-22-19/h1-3,6-7,10,13,16,18H,4-5,8-9,11-12,14-15H2. The van der Waals surface area contributed by atoms with Crippen molar-refractivity contribution in [2.24, 2.45) is 0 Å². The number of unbranched alkanes of at least 4 members (excludes halogenated alkanes) is 1. The molecule has 0 aliphatic carbocycles. The third kappa shape index (κ3) is 5.55. The van der Waals surface area contributed by atoms with Gasteiger partial charge >= 0.3 is 0 Å². The smallest absolute Gasteiger partial charge is 0.222 e. The number of piperidine rings is 1. The summed E-state index contributed by atoms with van der Waals surface area (Å²) in [6, 6.07) is 12.2. The maximum atomic E-state index is 12.3. The fraction of sp³-hybridized carbons (Fsp3) is 0.450. The zero-order chi connectivity index (χ0) is 17.3. The van der Waals surface area contributed by atoms with Crippen LogP contribution in [-0.4, -0.2) is 40.0 Å². The van der Waals surface area contributed by atoms with Gasteiger partial charge in [-0.2, -0.15) is 0 Å². The molecule has 1 aliphatic rings. The molecule has 0 N–H and O–H groups in total. The zero-order valence-corrected chi connectivity index (χ0v) is 14.5. The second kappa shape index (κ2) is 9.16. The number of rotatable bonds is 7. The van der Waals surface area contributed by atoms with Gasteiger partial charge in [-0.25, -0.2) is 9.97 Å². The summed E-state index contributed by atoms with van der Waals surface area (Å²) >= 11 is 0. The largest absolute Gasteiger partial charge is 0.474 e. The van der Waals surface area contributed by atoms with E-state index in [1.54, 1.807) is 12.3 Å². The van der Waals surface area contributed by atoms with E-state index in [9.17, 15) is 4.79 Å². The molecule has 2 aromatic rings. The number of hydrogen-bond acceptors (Lipinski definition) is 4. The summed E-state index contributed by atoms with van der Waals surface area (Å²) in [6.07, 6.45) is 8.72. The summed E-state index contributed by atoms with van der Waals surface area (Å²) in [4.78, 5) is 22.3. The average Bonchev–Trinajstić information content (AvgIpc) is 2.67. The van der Waals surface area contributed by atoms with E-state index in [1.807, 2.05) is 11.0 Å². The number of ether oxygens (including phenoxy) is 1. The van der Waals surface area contributed by atoms with Gasteiger partial charge < -0.3 is 9.64 Å². The van der Waals surface area contributed by atoms with Crippen molar-refractivity contribution in [1.82, 2.24) is 14.9 Å². The van der Waals surface area contributed by atoms with Crippen LogP contribution in [0, 0.1) is 0 Å². The van der Waals surface area contributed by atoms with Crippen LogP contribution in [0.15, 0.2) is 48.9 Å². The van der Waals surface area contributed by atoms with E-state index in [-0.39, 0.29) is 12.0 Å². The number of nitrogens with zero attached hydrogens (tertiary/aromatic N) is 3. The molecular weight excluding hydrogens is 314 g/mol. The third-order valence-electron chi connectivity index (χ3n) is 4.59. The summed E-state index contributed by atoms with van der Waals surface area (Å²) in [5.74, 6) is 0.884. The molecule has 25 heavy (non-hydrogen) atoms. The molecule has 0 bridgehead atoms. The predicted octanol–water partition coefficient (Wildman–Crippen LogP) is 3.26. The zero-order valence-electron chi connectivity index (χ0n) is 14.5. The number of aromatic nitrogens is 2. The van der Waals surface area contributed by atoms with Gasteiger partial charge in [0.05, 0.1) is 0 Å². The van der Waals surface area contributed by atoms with Gasteiger partial charge in [0.15, 0.2) is 0 Å². The molecule has 132 valence electrons. The van der Waals surface area contributed by atoms with Crippen LogP contribution in [0.1, 0.15) is 37.7 Å². The minimum absolute atomic E-state index is 0.136. The van der Waals surface area contributed by atoms with Crippen molar-refractivity contribution >= 4 is 5.91 Å². The van der Waals surface area contributed by atoms with E-state index in [0.29, 0.717) is 12.3 Å². The molecule has 0 spiro atoms. The van der Waals surface area contributed by atoms with Gasteiger partial charge in [0.1, 0.15) is 12.4 Å². The summed E-state index contributed by atoms with van der Waals surface area (Å²) in [5.41, 5.74) is 1.35. The summed E-state index contributed by atoms with van der Waals surface area (Å²) in [5, 5.41) is 0. The highest BCUT2D eigenvalue weighted by atomic mass is 16.5. The Bertz CT molecular complexity index is 641. The summed E-state index contributed by atoms with van der Waals surface area (Å²) < 4.78 is 5.84. The van der Waals surface area contributed by atoms with E-state index >= 15 is 0 Å². The van der Waals surface area contributed by atoms with Crippen LogP contribution >= 0.6 is 0 Å². The van der Waals surface area contributed by atoms with E-state index in [1.165, 1.54) is 11.9 Å². The van der Waals surface area contributed by atoms with Crippen LogP contribution < -0.4 is 4.74 Å². The van der Waals surface area contributed by atoms with Crippen molar-refractivity contribution in [2.45, 2.75) is 44.6 Å². The number of amides is 1. The molecule has 0 radical (unpaired) electrons. The highest BCUT2D eigenvalue weighted by Crippen LogP contribution is 2.18. The van der Waals surface area contributed by atoms with E-state index < -0.39 is 0 Å². The molecule has 1 fully saturated rings. The quantitative estimate of drug-likeness (QED) is 0.727. The Morgan fingerprint density at radius 2 is 1.92 bits per heavy atom. The Balaban J connectivity index is 1.33. The van der Waals surface area contributed by atoms with E-state index in [4.69, 9.17) is 4.74 Å². The van der Waals surface area contributed by atoms with Gasteiger partial charge in [-0.05, 0) is 24.8 Å². The Morgan fingerprint density at radius 1 is 1.12 bits per heavy atom. The molecule has 0 atom stereocenters. The Morgan fingerprint density at radius 3 is 2.64 bits per heavy atom. The SMILES string of the molecule is O=C(CCCCc1ccccc1)N1CCC(Oc2ccncn2)CC1. The highest BCUT2D eigenvalue weighted by Gasteiger charge is 2.23. The first kappa shape index (κ1) is 17.4. The number of carbonyl (C=O) groups excluding carboxylic acids is 1. The van der Waals surface area contributed by atoms with Crippen molar-refractivity contribution in [3.63, 3.8) is 0 Å². The third-order valence-corrected chi connectivity index (χ3v) is 4.59. The minimum atomic E-state index is 0.136. The van der Waals surface area contributed by atoms with Gasteiger partial charge in [-0.3, -0.25) is 4.79 Å². The summed E-state index contributed by atoms with van der Waals surface area (Å²) in [6.45, 7) is 1.54. The fourth-order valence-corrected chi connectivity index (χ4v) is 3.15. The van der Waals surface area contributed by atoms with Gasteiger partial charge in [-0.1, -0.05) is 30.3 Å². The molecule has 1 amide bonds. The predicted molar refractivity (Wildman–Crippen MR) is 96.3 cm³/mol. The van der Waals surface area contributed by atoms with Crippen molar-refractivity contribution in [3.05, 3.63) is 54.5 Å². The molecule has 1 aromatic heterocycles. The van der Waals surface area contributed by atoms with Crippen molar-refractivity contribution in [2.75, 3.05) is 13.1 Å². The monoisotopic (exact) mass is 339 g/mol. The van der Waals surface area contributed by atoms with Crippen molar-refractivity contribution in [3.8, 4) is 5.88 Å². The van der Waals surface area contributed by atoms with Gasteiger partial charge in [-0.15, -0.1) is 0 Å². The lowest BCUT2D eigenvalue weighted by Crippen LogP contribution is -2.41. The molecule has 3 rings (SSSR count). The molecule has 1 aliphatic heterocycles. The first-order valence-corrected chi connectivity index (χ1v) is 9.05. The number of aryl methyl sites for hydroxylation is 1. The normalized spacial score (nSPS) is 15.1. The Kier molecular flexibility index (Phi) is 6.37. The minimum Gasteiger partial charge on any atom is -0.474 e.